The van der Waals surface area contributed by atoms with Gasteiger partial charge in [-0.05, 0) is 36.4 Å². The normalized spacial score (nSPS) is 10.6. The number of phenolic OH excluding ortho intramolecular Hbond substituents is 1. The summed E-state index contributed by atoms with van der Waals surface area (Å²) in [6, 6.07) is 14.1. The van der Waals surface area contributed by atoms with Gasteiger partial charge in [-0.25, -0.2) is 4.90 Å². The SMILES string of the molecule is CC(=O)N(C(=O)/C(C#N)=C\Nc1cccc(O)c1)c1ccc(N)cc1. The molecule has 0 bridgehead atoms. The van der Waals surface area contributed by atoms with Crippen LogP contribution >= 0.6 is 0 Å². The van der Waals surface area contributed by atoms with Crippen molar-refractivity contribution in [1.82, 2.24) is 0 Å². The van der Waals surface area contributed by atoms with E-state index in [2.05, 4.69) is 5.32 Å². The number of nitrogen functional groups attached to an aromatic ring is 1. The molecule has 0 spiro atoms. The van der Waals surface area contributed by atoms with Crippen LogP contribution in [-0.2, 0) is 9.59 Å². The van der Waals surface area contributed by atoms with E-state index in [0.717, 1.165) is 4.90 Å². The minimum absolute atomic E-state index is 0.0375. The summed E-state index contributed by atoms with van der Waals surface area (Å²) in [5.74, 6) is -1.27. The van der Waals surface area contributed by atoms with Crippen LogP contribution < -0.4 is 16.0 Å². The van der Waals surface area contributed by atoms with E-state index in [4.69, 9.17) is 5.73 Å². The van der Waals surface area contributed by atoms with Gasteiger partial charge in [-0.2, -0.15) is 5.26 Å². The fourth-order valence-corrected chi connectivity index (χ4v) is 2.08. The molecule has 0 aromatic heterocycles. The summed E-state index contributed by atoms with van der Waals surface area (Å²) in [6.45, 7) is 1.23. The van der Waals surface area contributed by atoms with Crippen LogP contribution in [0.15, 0.2) is 60.3 Å². The fraction of sp³-hybridized carbons (Fsp3) is 0.0556. The molecule has 126 valence electrons. The van der Waals surface area contributed by atoms with Crippen LogP contribution in [0.1, 0.15) is 6.92 Å². The van der Waals surface area contributed by atoms with Crippen molar-refractivity contribution in [3.63, 3.8) is 0 Å². The molecule has 2 rings (SSSR count). The molecule has 7 nitrogen and oxygen atoms in total. The van der Waals surface area contributed by atoms with E-state index < -0.39 is 11.8 Å². The number of imide groups is 1. The van der Waals surface area contributed by atoms with Crippen molar-refractivity contribution in [3.05, 3.63) is 60.3 Å². The van der Waals surface area contributed by atoms with Gasteiger partial charge in [-0.1, -0.05) is 6.07 Å². The lowest BCUT2D eigenvalue weighted by atomic mass is 10.2. The Hall–Kier alpha value is -3.79. The number of hydrogen-bond acceptors (Lipinski definition) is 6. The Morgan fingerprint density at radius 3 is 2.48 bits per heavy atom. The number of anilines is 3. The van der Waals surface area contributed by atoms with Gasteiger partial charge < -0.3 is 16.2 Å². The Kier molecular flexibility index (Phi) is 5.38. The largest absolute Gasteiger partial charge is 0.508 e. The number of nitriles is 1. The lowest BCUT2D eigenvalue weighted by Gasteiger charge is -2.19. The zero-order valence-corrected chi connectivity index (χ0v) is 13.4. The maximum Gasteiger partial charge on any atom is 0.277 e. The summed E-state index contributed by atoms with van der Waals surface area (Å²) in [5, 5.41) is 21.4. The van der Waals surface area contributed by atoms with Gasteiger partial charge in [0.1, 0.15) is 17.4 Å². The third-order valence-corrected chi connectivity index (χ3v) is 3.25. The third kappa shape index (κ3) is 4.36. The summed E-state index contributed by atoms with van der Waals surface area (Å²) in [7, 11) is 0. The molecular formula is C18H16N4O3. The first-order chi connectivity index (χ1) is 11.9. The highest BCUT2D eigenvalue weighted by Crippen LogP contribution is 2.20. The predicted octanol–water partition coefficient (Wildman–Crippen LogP) is 2.37. The van der Waals surface area contributed by atoms with Gasteiger partial charge in [0.05, 0.1) is 5.69 Å². The summed E-state index contributed by atoms with van der Waals surface area (Å²) in [6.07, 6.45) is 1.18. The molecule has 2 amide bonds. The van der Waals surface area contributed by atoms with Crippen LogP contribution in [0, 0.1) is 11.3 Å². The van der Waals surface area contributed by atoms with Crippen molar-refractivity contribution in [2.24, 2.45) is 0 Å². The predicted molar refractivity (Wildman–Crippen MR) is 94.4 cm³/mol. The van der Waals surface area contributed by atoms with Crippen LogP contribution in [0.5, 0.6) is 5.75 Å². The average Bonchev–Trinajstić information content (AvgIpc) is 2.57. The number of phenols is 1. The molecule has 0 radical (unpaired) electrons. The molecule has 0 aliphatic heterocycles. The van der Waals surface area contributed by atoms with E-state index in [1.807, 2.05) is 0 Å². The van der Waals surface area contributed by atoms with Gasteiger partial charge in [-0.3, -0.25) is 9.59 Å². The molecule has 0 aliphatic rings. The zero-order valence-electron chi connectivity index (χ0n) is 13.4. The zero-order chi connectivity index (χ0) is 18.4. The molecule has 2 aromatic carbocycles. The first-order valence-corrected chi connectivity index (χ1v) is 7.29. The molecule has 0 unspecified atom stereocenters. The van der Waals surface area contributed by atoms with Gasteiger partial charge in [0.2, 0.25) is 5.91 Å². The molecule has 0 heterocycles. The monoisotopic (exact) mass is 336 g/mol. The number of aromatic hydroxyl groups is 1. The lowest BCUT2D eigenvalue weighted by Crippen LogP contribution is -2.36. The average molecular weight is 336 g/mol. The maximum absolute atomic E-state index is 12.6. The van der Waals surface area contributed by atoms with Crippen molar-refractivity contribution in [2.75, 3.05) is 16.0 Å². The van der Waals surface area contributed by atoms with E-state index in [9.17, 15) is 20.0 Å². The third-order valence-electron chi connectivity index (χ3n) is 3.25. The summed E-state index contributed by atoms with van der Waals surface area (Å²) in [4.78, 5) is 25.4. The molecule has 0 saturated carbocycles. The van der Waals surface area contributed by atoms with E-state index in [0.29, 0.717) is 17.1 Å². The molecule has 4 N–H and O–H groups in total. The quantitative estimate of drug-likeness (QED) is 0.448. The smallest absolute Gasteiger partial charge is 0.277 e. The number of nitrogens with one attached hydrogen (secondary N) is 1. The van der Waals surface area contributed by atoms with E-state index in [1.54, 1.807) is 30.3 Å². The van der Waals surface area contributed by atoms with Gasteiger partial charge in [0, 0.05) is 30.6 Å². The molecular weight excluding hydrogens is 320 g/mol. The standard InChI is InChI=1S/C18H16N4O3/c1-12(23)22(16-7-5-14(20)6-8-16)18(25)13(10-19)11-21-15-3-2-4-17(24)9-15/h2-9,11,21,24H,20H2,1H3/b13-11-. The Balaban J connectivity index is 2.29. The Bertz CT molecular complexity index is 867. The first kappa shape index (κ1) is 17.6. The second-order valence-electron chi connectivity index (χ2n) is 5.12. The van der Waals surface area contributed by atoms with Crippen molar-refractivity contribution in [3.8, 4) is 11.8 Å². The second kappa shape index (κ2) is 7.66. The minimum atomic E-state index is -0.771. The van der Waals surface area contributed by atoms with Gasteiger partial charge in [0.25, 0.3) is 5.91 Å². The number of rotatable bonds is 4. The highest BCUT2D eigenvalue weighted by Gasteiger charge is 2.23. The van der Waals surface area contributed by atoms with E-state index in [1.165, 1.54) is 37.4 Å². The first-order valence-electron chi connectivity index (χ1n) is 7.29. The molecule has 0 aliphatic carbocycles. The fourth-order valence-electron chi connectivity index (χ4n) is 2.08. The van der Waals surface area contributed by atoms with E-state index >= 15 is 0 Å². The molecule has 7 heteroatoms. The highest BCUT2D eigenvalue weighted by molar-refractivity contribution is 6.21. The van der Waals surface area contributed by atoms with Crippen LogP contribution in [0.4, 0.5) is 17.1 Å². The minimum Gasteiger partial charge on any atom is -0.508 e. The van der Waals surface area contributed by atoms with Gasteiger partial charge in [0.15, 0.2) is 0 Å². The van der Waals surface area contributed by atoms with Crippen LogP contribution in [0.25, 0.3) is 0 Å². The van der Waals surface area contributed by atoms with Crippen molar-refractivity contribution < 1.29 is 14.7 Å². The van der Waals surface area contributed by atoms with Crippen molar-refractivity contribution in [2.45, 2.75) is 6.92 Å². The Labute approximate surface area is 144 Å². The number of nitrogens with zero attached hydrogens (tertiary/aromatic N) is 2. The number of nitrogens with two attached hydrogens (primary N) is 1. The number of amides is 2. The topological polar surface area (TPSA) is 119 Å². The summed E-state index contributed by atoms with van der Waals surface area (Å²) in [5.41, 5.74) is 6.62. The van der Waals surface area contributed by atoms with Crippen molar-refractivity contribution >= 4 is 28.9 Å². The van der Waals surface area contributed by atoms with Crippen LogP contribution in [-0.4, -0.2) is 16.9 Å². The number of hydrogen-bond donors (Lipinski definition) is 3. The lowest BCUT2D eigenvalue weighted by molar-refractivity contribution is -0.123. The Morgan fingerprint density at radius 2 is 1.92 bits per heavy atom. The molecule has 25 heavy (non-hydrogen) atoms. The number of benzene rings is 2. The van der Waals surface area contributed by atoms with Crippen LogP contribution in [0.2, 0.25) is 0 Å². The molecule has 0 fully saturated rings. The molecule has 0 saturated heterocycles. The van der Waals surface area contributed by atoms with Crippen LogP contribution in [0.3, 0.4) is 0 Å². The summed E-state index contributed by atoms with van der Waals surface area (Å²) >= 11 is 0. The second-order valence-corrected chi connectivity index (χ2v) is 5.12. The molecule has 0 atom stereocenters. The van der Waals surface area contributed by atoms with Crippen molar-refractivity contribution in [1.29, 1.82) is 5.26 Å². The Morgan fingerprint density at radius 1 is 1.24 bits per heavy atom. The van der Waals surface area contributed by atoms with Gasteiger partial charge >= 0.3 is 0 Å². The van der Waals surface area contributed by atoms with E-state index in [-0.39, 0.29) is 11.3 Å². The number of carbonyl (C=O) groups excluding carboxylic acids is 2. The number of carbonyl (C=O) groups is 2. The maximum atomic E-state index is 12.6. The van der Waals surface area contributed by atoms with Gasteiger partial charge in [-0.15, -0.1) is 0 Å². The highest BCUT2D eigenvalue weighted by atomic mass is 16.3. The summed E-state index contributed by atoms with van der Waals surface area (Å²) < 4.78 is 0. The molecule has 2 aromatic rings.